The van der Waals surface area contributed by atoms with Crippen molar-refractivity contribution in [1.82, 2.24) is 20.3 Å². The molecule has 0 aliphatic carbocycles. The Labute approximate surface area is 130 Å². The van der Waals surface area contributed by atoms with E-state index < -0.39 is 5.66 Å². The first-order valence-electron chi connectivity index (χ1n) is 6.43. The van der Waals surface area contributed by atoms with E-state index in [9.17, 15) is 4.79 Å². The van der Waals surface area contributed by atoms with Gasteiger partial charge in [0.2, 0.25) is 0 Å². The number of nitrogens with one attached hydrogen (secondary N) is 2. The fourth-order valence-corrected chi connectivity index (χ4v) is 2.59. The molecular formula is C13H15BrN6O. The van der Waals surface area contributed by atoms with Crippen molar-refractivity contribution in [2.24, 2.45) is 0 Å². The van der Waals surface area contributed by atoms with Gasteiger partial charge in [0, 0.05) is 11.5 Å². The second-order valence-corrected chi connectivity index (χ2v) is 6.06. The number of aryl methyl sites for hydroxylation is 1. The van der Waals surface area contributed by atoms with Crippen LogP contribution in [0.5, 0.6) is 0 Å². The molecule has 2 N–H and O–H groups in total. The van der Waals surface area contributed by atoms with Gasteiger partial charge in [-0.3, -0.25) is 15.2 Å². The summed E-state index contributed by atoms with van der Waals surface area (Å²) in [7, 11) is 1.80. The average Bonchev–Trinajstić information content (AvgIpc) is 2.44. The Morgan fingerprint density at radius 2 is 1.86 bits per heavy atom. The number of rotatable bonds is 1. The lowest BCUT2D eigenvalue weighted by Crippen LogP contribution is -2.63. The third kappa shape index (κ3) is 2.30. The molecule has 0 fully saturated rings. The van der Waals surface area contributed by atoms with Crippen molar-refractivity contribution in [1.29, 1.82) is 0 Å². The van der Waals surface area contributed by atoms with E-state index in [0.29, 0.717) is 11.6 Å². The monoisotopic (exact) mass is 350 g/mol. The first kappa shape index (κ1) is 14.0. The summed E-state index contributed by atoms with van der Waals surface area (Å²) in [5.74, 6) is 0.417. The Kier molecular flexibility index (Phi) is 3.22. The summed E-state index contributed by atoms with van der Waals surface area (Å²) in [6.45, 7) is 3.60. The normalized spacial score (nSPS) is 20.9. The van der Waals surface area contributed by atoms with Crippen molar-refractivity contribution < 1.29 is 0 Å². The van der Waals surface area contributed by atoms with E-state index in [1.165, 1.54) is 4.68 Å². The first-order chi connectivity index (χ1) is 9.90. The van der Waals surface area contributed by atoms with Gasteiger partial charge >= 0.3 is 0 Å². The molecule has 0 saturated carbocycles. The van der Waals surface area contributed by atoms with Gasteiger partial charge in [-0.15, -0.1) is 10.2 Å². The molecule has 1 aromatic carbocycles. The largest absolute Gasteiger partial charge is 0.295 e. The highest BCUT2D eigenvalue weighted by Gasteiger charge is 2.35. The van der Waals surface area contributed by atoms with Gasteiger partial charge in [-0.1, -0.05) is 28.1 Å². The predicted molar refractivity (Wildman–Crippen MR) is 83.4 cm³/mol. The molecule has 3 rings (SSSR count). The highest BCUT2D eigenvalue weighted by Crippen LogP contribution is 2.25. The smallest absolute Gasteiger partial charge is 0.294 e. The SMILES string of the molecule is Cc1nnc2n(c1=O)NC(C)(c1ccc(Br)cc1)NN2C. The third-order valence-electron chi connectivity index (χ3n) is 3.45. The van der Waals surface area contributed by atoms with Gasteiger partial charge in [-0.05, 0) is 31.5 Å². The highest BCUT2D eigenvalue weighted by atomic mass is 79.9. The summed E-state index contributed by atoms with van der Waals surface area (Å²) < 4.78 is 2.42. The minimum atomic E-state index is -0.637. The molecule has 2 aromatic rings. The minimum absolute atomic E-state index is 0.211. The van der Waals surface area contributed by atoms with Gasteiger partial charge in [-0.25, -0.2) is 5.43 Å². The van der Waals surface area contributed by atoms with Crippen LogP contribution in [0.2, 0.25) is 0 Å². The molecule has 1 aromatic heterocycles. The van der Waals surface area contributed by atoms with Gasteiger partial charge in [0.1, 0.15) is 11.4 Å². The quantitative estimate of drug-likeness (QED) is 0.801. The lowest BCUT2D eigenvalue weighted by atomic mass is 10.0. The molecule has 0 radical (unpaired) electrons. The van der Waals surface area contributed by atoms with Crippen LogP contribution >= 0.6 is 15.9 Å². The van der Waals surface area contributed by atoms with E-state index in [1.54, 1.807) is 19.0 Å². The van der Waals surface area contributed by atoms with Crippen molar-refractivity contribution >= 4 is 21.9 Å². The van der Waals surface area contributed by atoms with Gasteiger partial charge < -0.3 is 0 Å². The molecular weight excluding hydrogens is 336 g/mol. The number of halogens is 1. The fraction of sp³-hybridized carbons (Fsp3) is 0.308. The van der Waals surface area contributed by atoms with Crippen LogP contribution in [0.3, 0.4) is 0 Å². The average molecular weight is 351 g/mol. The first-order valence-corrected chi connectivity index (χ1v) is 7.22. The maximum absolute atomic E-state index is 12.3. The molecule has 1 aliphatic heterocycles. The molecule has 0 spiro atoms. The Morgan fingerprint density at radius 1 is 1.19 bits per heavy atom. The highest BCUT2D eigenvalue weighted by molar-refractivity contribution is 9.10. The Balaban J connectivity index is 2.10. The zero-order valence-electron chi connectivity index (χ0n) is 11.9. The number of hydrogen-bond donors (Lipinski definition) is 2. The molecule has 7 nitrogen and oxygen atoms in total. The van der Waals surface area contributed by atoms with Crippen LogP contribution in [0.15, 0.2) is 33.5 Å². The molecule has 21 heavy (non-hydrogen) atoms. The van der Waals surface area contributed by atoms with Crippen molar-refractivity contribution in [3.63, 3.8) is 0 Å². The summed E-state index contributed by atoms with van der Waals surface area (Å²) in [4.78, 5) is 12.3. The van der Waals surface area contributed by atoms with E-state index in [4.69, 9.17) is 0 Å². The van der Waals surface area contributed by atoms with Crippen LogP contribution in [-0.4, -0.2) is 21.9 Å². The lowest BCUT2D eigenvalue weighted by molar-refractivity contribution is 0.333. The van der Waals surface area contributed by atoms with E-state index in [-0.39, 0.29) is 5.56 Å². The second kappa shape index (κ2) is 4.81. The van der Waals surface area contributed by atoms with Crippen LogP contribution in [0.1, 0.15) is 18.2 Å². The summed E-state index contributed by atoms with van der Waals surface area (Å²) in [5, 5.41) is 9.59. The molecule has 0 bridgehead atoms. The van der Waals surface area contributed by atoms with Crippen LogP contribution in [0.4, 0.5) is 5.95 Å². The zero-order valence-corrected chi connectivity index (χ0v) is 13.5. The standard InChI is InChI=1S/C13H15BrN6O/c1-8-11(21)20-12(16-15-8)19(3)17-13(2,18-20)9-4-6-10(14)7-5-9/h4-7,17-18H,1-3H3. The van der Waals surface area contributed by atoms with Gasteiger partial charge in [0.25, 0.3) is 11.5 Å². The fourth-order valence-electron chi connectivity index (χ4n) is 2.32. The van der Waals surface area contributed by atoms with E-state index in [2.05, 4.69) is 37.0 Å². The summed E-state index contributed by atoms with van der Waals surface area (Å²) in [6.07, 6.45) is 0. The number of aromatic nitrogens is 3. The third-order valence-corrected chi connectivity index (χ3v) is 3.98. The summed E-state index contributed by atoms with van der Waals surface area (Å²) in [5.41, 5.74) is 6.95. The Bertz CT molecular complexity index is 743. The van der Waals surface area contributed by atoms with E-state index in [0.717, 1.165) is 10.0 Å². The van der Waals surface area contributed by atoms with Crippen molar-refractivity contribution in [3.05, 3.63) is 50.3 Å². The Morgan fingerprint density at radius 3 is 2.52 bits per heavy atom. The maximum atomic E-state index is 12.3. The maximum Gasteiger partial charge on any atom is 0.295 e. The number of fused-ring (bicyclic) bond motifs is 1. The lowest BCUT2D eigenvalue weighted by Gasteiger charge is -2.42. The van der Waals surface area contributed by atoms with Gasteiger partial charge in [0.05, 0.1) is 0 Å². The van der Waals surface area contributed by atoms with E-state index >= 15 is 0 Å². The molecule has 8 heteroatoms. The van der Waals surface area contributed by atoms with Gasteiger partial charge in [0.15, 0.2) is 0 Å². The molecule has 0 amide bonds. The zero-order chi connectivity index (χ0) is 15.2. The molecule has 2 heterocycles. The number of anilines is 1. The molecule has 0 saturated heterocycles. The summed E-state index contributed by atoms with van der Waals surface area (Å²) >= 11 is 3.42. The van der Waals surface area contributed by atoms with E-state index in [1.807, 2.05) is 31.2 Å². The Hall–Kier alpha value is -1.93. The molecule has 1 unspecified atom stereocenters. The molecule has 1 atom stereocenters. The topological polar surface area (TPSA) is 75.1 Å². The number of hydrogen-bond acceptors (Lipinski definition) is 6. The van der Waals surface area contributed by atoms with Crippen molar-refractivity contribution in [2.75, 3.05) is 17.5 Å². The van der Waals surface area contributed by atoms with Crippen molar-refractivity contribution in [2.45, 2.75) is 19.5 Å². The molecule has 1 aliphatic rings. The van der Waals surface area contributed by atoms with Crippen LogP contribution in [0.25, 0.3) is 0 Å². The van der Waals surface area contributed by atoms with Crippen molar-refractivity contribution in [3.8, 4) is 0 Å². The summed E-state index contributed by atoms with van der Waals surface area (Å²) in [6, 6.07) is 7.88. The number of hydrazine groups is 1. The van der Waals surface area contributed by atoms with Crippen LogP contribution in [-0.2, 0) is 5.66 Å². The second-order valence-electron chi connectivity index (χ2n) is 5.14. The number of nitrogens with zero attached hydrogens (tertiary/aromatic N) is 4. The predicted octanol–water partition coefficient (Wildman–Crippen LogP) is 1.08. The minimum Gasteiger partial charge on any atom is -0.294 e. The molecule has 110 valence electrons. The van der Waals surface area contributed by atoms with Crippen LogP contribution < -0.4 is 21.4 Å². The van der Waals surface area contributed by atoms with Gasteiger partial charge in [-0.2, -0.15) is 4.68 Å². The number of benzene rings is 1. The van der Waals surface area contributed by atoms with Crippen LogP contribution in [0, 0.1) is 6.92 Å².